The molecule has 16 heavy (non-hydrogen) atoms. The highest BCUT2D eigenvalue weighted by Crippen LogP contribution is 2.19. The molecule has 0 unspecified atom stereocenters. The number of thiocarbonyl (C=S) groups is 1. The van der Waals surface area contributed by atoms with E-state index in [1.54, 1.807) is 23.9 Å². The largest absolute Gasteiger partial charge is 0.389 e. The van der Waals surface area contributed by atoms with Gasteiger partial charge in [0.15, 0.2) is 0 Å². The first-order chi connectivity index (χ1) is 7.56. The van der Waals surface area contributed by atoms with Gasteiger partial charge in [-0.2, -0.15) is 11.8 Å². The molecule has 1 aromatic carbocycles. The molecule has 0 atom stereocenters. The zero-order valence-corrected chi connectivity index (χ0v) is 11.0. The number of benzene rings is 1. The summed E-state index contributed by atoms with van der Waals surface area (Å²) in [6, 6.07) is 4.84. The van der Waals surface area contributed by atoms with E-state index in [4.69, 9.17) is 18.0 Å². The van der Waals surface area contributed by atoms with Crippen molar-refractivity contribution < 1.29 is 4.39 Å². The second-order valence-electron chi connectivity index (χ2n) is 3.44. The molecule has 0 radical (unpaired) electrons. The van der Waals surface area contributed by atoms with Gasteiger partial charge in [0.2, 0.25) is 0 Å². The zero-order valence-electron chi connectivity index (χ0n) is 9.37. The topological polar surface area (TPSA) is 29.3 Å². The van der Waals surface area contributed by atoms with E-state index in [1.165, 1.54) is 6.07 Å². The van der Waals surface area contributed by atoms with Crippen molar-refractivity contribution in [1.82, 2.24) is 0 Å². The molecule has 1 rings (SSSR count). The number of nitrogens with two attached hydrogens (primary N) is 1. The maximum absolute atomic E-state index is 13.7. The number of hydrogen-bond acceptors (Lipinski definition) is 3. The molecular weight excluding hydrogens is 243 g/mol. The highest BCUT2D eigenvalue weighted by atomic mass is 32.2. The highest BCUT2D eigenvalue weighted by molar-refractivity contribution is 7.98. The van der Waals surface area contributed by atoms with E-state index in [9.17, 15) is 4.39 Å². The van der Waals surface area contributed by atoms with Crippen molar-refractivity contribution in [1.29, 1.82) is 0 Å². The predicted molar refractivity (Wildman–Crippen MR) is 73.9 cm³/mol. The van der Waals surface area contributed by atoms with Crippen LogP contribution in [0, 0.1) is 5.82 Å². The second-order valence-corrected chi connectivity index (χ2v) is 4.87. The molecule has 5 heteroatoms. The Bertz CT molecular complexity index is 382. The summed E-state index contributed by atoms with van der Waals surface area (Å²) in [4.78, 5) is 2.10. The van der Waals surface area contributed by atoms with Crippen molar-refractivity contribution >= 4 is 34.7 Å². The molecule has 0 heterocycles. The molecule has 0 aliphatic carbocycles. The summed E-state index contributed by atoms with van der Waals surface area (Å²) in [6.45, 7) is 0.810. The summed E-state index contributed by atoms with van der Waals surface area (Å²) >= 11 is 6.53. The Kier molecular flexibility index (Phi) is 5.02. The Morgan fingerprint density at radius 1 is 1.56 bits per heavy atom. The lowest BCUT2D eigenvalue weighted by Gasteiger charge is -2.19. The Morgan fingerprint density at radius 3 is 2.75 bits per heavy atom. The van der Waals surface area contributed by atoms with Crippen LogP contribution in [0.25, 0.3) is 0 Å². The van der Waals surface area contributed by atoms with E-state index in [1.807, 2.05) is 18.2 Å². The van der Waals surface area contributed by atoms with Gasteiger partial charge in [0.05, 0.1) is 5.69 Å². The minimum atomic E-state index is -0.283. The number of nitrogens with zero attached hydrogens (tertiary/aromatic N) is 1. The quantitative estimate of drug-likeness (QED) is 0.820. The van der Waals surface area contributed by atoms with Gasteiger partial charge in [-0.05, 0) is 24.5 Å². The van der Waals surface area contributed by atoms with E-state index >= 15 is 0 Å². The highest BCUT2D eigenvalue weighted by Gasteiger charge is 2.08. The van der Waals surface area contributed by atoms with Gasteiger partial charge >= 0.3 is 0 Å². The number of thioether (sulfide) groups is 1. The average molecular weight is 258 g/mol. The normalized spacial score (nSPS) is 10.2. The monoisotopic (exact) mass is 258 g/mol. The summed E-state index contributed by atoms with van der Waals surface area (Å²) < 4.78 is 13.7. The van der Waals surface area contributed by atoms with Gasteiger partial charge in [0, 0.05) is 24.9 Å². The molecule has 0 aromatic heterocycles. The fourth-order valence-corrected chi connectivity index (χ4v) is 1.90. The maximum Gasteiger partial charge on any atom is 0.147 e. The lowest BCUT2D eigenvalue weighted by Crippen LogP contribution is -2.21. The van der Waals surface area contributed by atoms with Crippen LogP contribution in [-0.4, -0.2) is 30.6 Å². The summed E-state index contributed by atoms with van der Waals surface area (Å²) in [5, 5.41) is 0. The molecule has 0 fully saturated rings. The van der Waals surface area contributed by atoms with Crippen LogP contribution < -0.4 is 10.6 Å². The minimum Gasteiger partial charge on any atom is -0.389 e. The van der Waals surface area contributed by atoms with Gasteiger partial charge < -0.3 is 10.6 Å². The number of hydrogen-bond donors (Lipinski definition) is 1. The lowest BCUT2D eigenvalue weighted by atomic mass is 10.2. The molecule has 0 amide bonds. The van der Waals surface area contributed by atoms with Gasteiger partial charge in [-0.25, -0.2) is 4.39 Å². The number of anilines is 1. The number of halogens is 1. The Morgan fingerprint density at radius 2 is 2.25 bits per heavy atom. The zero-order chi connectivity index (χ0) is 12.1. The van der Waals surface area contributed by atoms with Crippen molar-refractivity contribution in [3.05, 3.63) is 29.6 Å². The summed E-state index contributed by atoms with van der Waals surface area (Å²) in [5.41, 5.74) is 6.58. The van der Waals surface area contributed by atoms with Gasteiger partial charge in [0.1, 0.15) is 10.8 Å². The molecular formula is C11H15FN2S2. The van der Waals surface area contributed by atoms with Crippen LogP contribution in [0.4, 0.5) is 10.1 Å². The average Bonchev–Trinajstić information content (AvgIpc) is 2.25. The van der Waals surface area contributed by atoms with E-state index in [-0.39, 0.29) is 10.8 Å². The molecule has 1 aromatic rings. The first-order valence-electron chi connectivity index (χ1n) is 4.85. The van der Waals surface area contributed by atoms with Gasteiger partial charge in [-0.3, -0.25) is 0 Å². The van der Waals surface area contributed by atoms with Crippen molar-refractivity contribution in [3.8, 4) is 0 Å². The van der Waals surface area contributed by atoms with Crippen molar-refractivity contribution in [2.45, 2.75) is 0 Å². The van der Waals surface area contributed by atoms with Crippen LogP contribution in [0.1, 0.15) is 5.56 Å². The molecule has 0 aliphatic rings. The lowest BCUT2D eigenvalue weighted by molar-refractivity contribution is 0.623. The minimum absolute atomic E-state index is 0.220. The second kappa shape index (κ2) is 6.06. The third-order valence-electron chi connectivity index (χ3n) is 2.27. The molecule has 0 spiro atoms. The summed E-state index contributed by atoms with van der Waals surface area (Å²) in [5.74, 6) is 0.682. The van der Waals surface area contributed by atoms with Gasteiger partial charge in [-0.15, -0.1) is 0 Å². The Balaban J connectivity index is 2.85. The maximum atomic E-state index is 13.7. The fraction of sp³-hybridized carbons (Fsp3) is 0.364. The van der Waals surface area contributed by atoms with Crippen LogP contribution in [-0.2, 0) is 0 Å². The third-order valence-corrected chi connectivity index (χ3v) is 3.10. The van der Waals surface area contributed by atoms with Gasteiger partial charge in [-0.1, -0.05) is 12.2 Å². The molecule has 0 aliphatic heterocycles. The molecule has 0 saturated carbocycles. The van der Waals surface area contributed by atoms with Crippen LogP contribution >= 0.6 is 24.0 Å². The molecule has 88 valence electrons. The Labute approximate surface area is 105 Å². The van der Waals surface area contributed by atoms with Crippen molar-refractivity contribution in [3.63, 3.8) is 0 Å². The van der Waals surface area contributed by atoms with E-state index in [0.29, 0.717) is 11.3 Å². The van der Waals surface area contributed by atoms with Gasteiger partial charge in [0.25, 0.3) is 0 Å². The first-order valence-corrected chi connectivity index (χ1v) is 6.66. The standard InChI is InChI=1S/C11H15FN2S2/c1-14(5-6-16-2)10-4-3-8(11(13)15)7-9(10)12/h3-4,7H,5-6H2,1-2H3,(H2,13,15). The first kappa shape index (κ1) is 13.3. The summed E-state index contributed by atoms with van der Waals surface area (Å²) in [7, 11) is 1.87. The van der Waals surface area contributed by atoms with Crippen LogP contribution in [0.5, 0.6) is 0 Å². The third kappa shape index (κ3) is 3.35. The molecule has 0 bridgehead atoms. The van der Waals surface area contributed by atoms with Crippen LogP contribution in [0.3, 0.4) is 0 Å². The molecule has 0 saturated heterocycles. The SMILES string of the molecule is CSCCN(C)c1ccc(C(N)=S)cc1F. The molecule has 2 N–H and O–H groups in total. The van der Waals surface area contributed by atoms with Crippen molar-refractivity contribution in [2.75, 3.05) is 30.5 Å². The van der Waals surface area contributed by atoms with E-state index in [0.717, 1.165) is 12.3 Å². The Hall–Kier alpha value is -0.810. The van der Waals surface area contributed by atoms with E-state index < -0.39 is 0 Å². The number of rotatable bonds is 5. The van der Waals surface area contributed by atoms with Crippen LogP contribution in [0.2, 0.25) is 0 Å². The fourth-order valence-electron chi connectivity index (χ4n) is 1.32. The predicted octanol–water partition coefficient (Wildman–Crippen LogP) is 2.26. The molecule has 2 nitrogen and oxygen atoms in total. The summed E-state index contributed by atoms with van der Waals surface area (Å²) in [6.07, 6.45) is 2.03. The van der Waals surface area contributed by atoms with Crippen LogP contribution in [0.15, 0.2) is 18.2 Å². The van der Waals surface area contributed by atoms with Crippen molar-refractivity contribution in [2.24, 2.45) is 5.73 Å². The smallest absolute Gasteiger partial charge is 0.147 e. The van der Waals surface area contributed by atoms with E-state index in [2.05, 4.69) is 0 Å².